The van der Waals surface area contributed by atoms with Crippen LogP contribution < -0.4 is 0 Å². The van der Waals surface area contributed by atoms with Gasteiger partial charge < -0.3 is 14.5 Å². The van der Waals surface area contributed by atoms with Crippen molar-refractivity contribution in [3.05, 3.63) is 0 Å². The monoisotopic (exact) mass is 324 g/mol. The van der Waals surface area contributed by atoms with E-state index in [9.17, 15) is 4.79 Å². The first kappa shape index (κ1) is 18.7. The quantitative estimate of drug-likeness (QED) is 0.753. The molecule has 0 N–H and O–H groups in total. The van der Waals surface area contributed by atoms with Crippen LogP contribution in [0.3, 0.4) is 0 Å². The van der Waals surface area contributed by atoms with E-state index in [2.05, 4.69) is 23.6 Å². The van der Waals surface area contributed by atoms with Crippen LogP contribution in [0.1, 0.15) is 53.4 Å². The molecule has 2 aliphatic rings. The Balaban J connectivity index is 1.63. The molecule has 0 aliphatic carbocycles. The maximum atomic E-state index is 12.0. The predicted octanol–water partition coefficient (Wildman–Crippen LogP) is 3.02. The van der Waals surface area contributed by atoms with Crippen LogP contribution in [-0.4, -0.2) is 61.1 Å². The molecule has 0 atom stereocenters. The molecule has 0 aromatic carbocycles. The van der Waals surface area contributed by atoms with E-state index in [4.69, 9.17) is 4.74 Å². The summed E-state index contributed by atoms with van der Waals surface area (Å²) in [5.74, 6) is 1.99. The van der Waals surface area contributed by atoms with Gasteiger partial charge in [-0.2, -0.15) is 0 Å². The van der Waals surface area contributed by atoms with E-state index in [-0.39, 0.29) is 5.92 Å². The van der Waals surface area contributed by atoms with Crippen molar-refractivity contribution >= 4 is 5.91 Å². The largest absolute Gasteiger partial charge is 0.379 e. The van der Waals surface area contributed by atoms with E-state index >= 15 is 0 Å². The highest BCUT2D eigenvalue weighted by atomic mass is 16.5. The molecule has 0 bridgehead atoms. The normalized spacial score (nSPS) is 22.3. The molecule has 2 saturated heterocycles. The Morgan fingerprint density at radius 2 is 1.52 bits per heavy atom. The van der Waals surface area contributed by atoms with Gasteiger partial charge in [0.25, 0.3) is 0 Å². The molecule has 2 rings (SSSR count). The summed E-state index contributed by atoms with van der Waals surface area (Å²) >= 11 is 0. The van der Waals surface area contributed by atoms with Crippen molar-refractivity contribution in [1.82, 2.24) is 9.80 Å². The van der Waals surface area contributed by atoms with Crippen molar-refractivity contribution < 1.29 is 9.53 Å². The van der Waals surface area contributed by atoms with Crippen LogP contribution in [0.5, 0.6) is 0 Å². The SMILES string of the molecule is CC(C)OCC1CCN(CC2CCN(C(=O)C(C)C)CC2)CC1. The van der Waals surface area contributed by atoms with Crippen LogP contribution in [0.2, 0.25) is 0 Å². The molecule has 23 heavy (non-hydrogen) atoms. The Hall–Kier alpha value is -0.610. The van der Waals surface area contributed by atoms with E-state index < -0.39 is 0 Å². The van der Waals surface area contributed by atoms with Crippen molar-refractivity contribution in [3.63, 3.8) is 0 Å². The molecular weight excluding hydrogens is 288 g/mol. The third-order valence-electron chi connectivity index (χ3n) is 5.31. The van der Waals surface area contributed by atoms with Gasteiger partial charge in [-0.25, -0.2) is 0 Å². The molecule has 4 nitrogen and oxygen atoms in total. The third kappa shape index (κ3) is 6.07. The summed E-state index contributed by atoms with van der Waals surface area (Å²) in [4.78, 5) is 16.7. The lowest BCUT2D eigenvalue weighted by Crippen LogP contribution is -2.44. The molecule has 0 radical (unpaired) electrons. The summed E-state index contributed by atoms with van der Waals surface area (Å²) in [7, 11) is 0. The summed E-state index contributed by atoms with van der Waals surface area (Å²) in [6.07, 6.45) is 5.25. The maximum absolute atomic E-state index is 12.0. The summed E-state index contributed by atoms with van der Waals surface area (Å²) in [6, 6.07) is 0. The fourth-order valence-corrected chi connectivity index (χ4v) is 3.73. The smallest absolute Gasteiger partial charge is 0.225 e. The second-order valence-corrected chi connectivity index (χ2v) is 8.05. The van der Waals surface area contributed by atoms with Gasteiger partial charge in [-0.3, -0.25) is 4.79 Å². The Morgan fingerprint density at radius 3 is 2.04 bits per heavy atom. The fraction of sp³-hybridized carbons (Fsp3) is 0.947. The Bertz CT molecular complexity index is 354. The van der Waals surface area contributed by atoms with Gasteiger partial charge in [0.1, 0.15) is 0 Å². The maximum Gasteiger partial charge on any atom is 0.225 e. The highest BCUT2D eigenvalue weighted by Crippen LogP contribution is 2.23. The van der Waals surface area contributed by atoms with Crippen LogP contribution in [0.15, 0.2) is 0 Å². The minimum absolute atomic E-state index is 0.138. The van der Waals surface area contributed by atoms with Crippen LogP contribution >= 0.6 is 0 Å². The van der Waals surface area contributed by atoms with E-state index in [0.29, 0.717) is 12.0 Å². The lowest BCUT2D eigenvalue weighted by Gasteiger charge is -2.38. The predicted molar refractivity (Wildman–Crippen MR) is 94.4 cm³/mol. The Labute approximate surface area is 142 Å². The van der Waals surface area contributed by atoms with Gasteiger partial charge in [0.2, 0.25) is 5.91 Å². The first-order chi connectivity index (χ1) is 11.0. The highest BCUT2D eigenvalue weighted by Gasteiger charge is 2.27. The molecule has 0 unspecified atom stereocenters. The number of hydrogen-bond donors (Lipinski definition) is 0. The standard InChI is InChI=1S/C19H36N2O2/c1-15(2)19(22)21-11-7-17(8-12-21)13-20-9-5-18(6-10-20)14-23-16(3)4/h15-18H,5-14H2,1-4H3. The van der Waals surface area contributed by atoms with Gasteiger partial charge in [-0.15, -0.1) is 0 Å². The lowest BCUT2D eigenvalue weighted by atomic mass is 9.92. The zero-order valence-electron chi connectivity index (χ0n) is 15.6. The Morgan fingerprint density at radius 1 is 0.957 bits per heavy atom. The van der Waals surface area contributed by atoms with Crippen molar-refractivity contribution in [2.24, 2.45) is 17.8 Å². The Kier molecular flexibility index (Phi) is 7.35. The second-order valence-electron chi connectivity index (χ2n) is 8.05. The molecular formula is C19H36N2O2. The van der Waals surface area contributed by atoms with Crippen molar-refractivity contribution in [3.8, 4) is 0 Å². The number of ether oxygens (including phenoxy) is 1. The topological polar surface area (TPSA) is 32.8 Å². The molecule has 0 saturated carbocycles. The summed E-state index contributed by atoms with van der Waals surface area (Å²) in [6.45, 7) is 14.7. The van der Waals surface area contributed by atoms with Crippen LogP contribution in [0.4, 0.5) is 0 Å². The molecule has 0 aromatic rings. The minimum atomic E-state index is 0.138. The first-order valence-electron chi connectivity index (χ1n) is 9.58. The lowest BCUT2D eigenvalue weighted by molar-refractivity contribution is -0.135. The number of carbonyl (C=O) groups is 1. The zero-order valence-corrected chi connectivity index (χ0v) is 15.6. The van der Waals surface area contributed by atoms with Gasteiger partial charge in [0.05, 0.1) is 6.10 Å². The average molecular weight is 325 g/mol. The van der Waals surface area contributed by atoms with Crippen LogP contribution in [0, 0.1) is 17.8 Å². The van der Waals surface area contributed by atoms with Gasteiger partial charge >= 0.3 is 0 Å². The molecule has 2 fully saturated rings. The third-order valence-corrected chi connectivity index (χ3v) is 5.31. The summed E-state index contributed by atoms with van der Waals surface area (Å²) in [5, 5.41) is 0. The van der Waals surface area contributed by atoms with Crippen molar-refractivity contribution in [2.45, 2.75) is 59.5 Å². The van der Waals surface area contributed by atoms with Crippen LogP contribution in [-0.2, 0) is 9.53 Å². The first-order valence-corrected chi connectivity index (χ1v) is 9.58. The van der Waals surface area contributed by atoms with E-state index in [1.165, 1.54) is 45.3 Å². The van der Waals surface area contributed by atoms with E-state index in [1.54, 1.807) is 0 Å². The molecule has 0 aromatic heterocycles. The van der Waals surface area contributed by atoms with Crippen molar-refractivity contribution in [2.75, 3.05) is 39.3 Å². The molecule has 4 heteroatoms. The number of rotatable bonds is 6. The van der Waals surface area contributed by atoms with Crippen LogP contribution in [0.25, 0.3) is 0 Å². The number of likely N-dealkylation sites (tertiary alicyclic amines) is 2. The number of carbonyl (C=O) groups excluding carboxylic acids is 1. The number of piperidine rings is 2. The summed E-state index contributed by atoms with van der Waals surface area (Å²) < 4.78 is 5.76. The minimum Gasteiger partial charge on any atom is -0.379 e. The number of hydrogen-bond acceptors (Lipinski definition) is 3. The van der Waals surface area contributed by atoms with Gasteiger partial charge in [0, 0.05) is 32.2 Å². The van der Waals surface area contributed by atoms with E-state index in [0.717, 1.165) is 31.5 Å². The van der Waals surface area contributed by atoms with Gasteiger partial charge in [-0.05, 0) is 64.5 Å². The second kappa shape index (κ2) is 9.03. The van der Waals surface area contributed by atoms with Crippen molar-refractivity contribution in [1.29, 1.82) is 0 Å². The molecule has 2 heterocycles. The summed E-state index contributed by atoms with van der Waals surface area (Å²) in [5.41, 5.74) is 0. The molecule has 134 valence electrons. The van der Waals surface area contributed by atoms with Gasteiger partial charge in [-0.1, -0.05) is 13.8 Å². The zero-order chi connectivity index (χ0) is 16.8. The molecule has 1 amide bonds. The number of nitrogens with zero attached hydrogens (tertiary/aromatic N) is 2. The highest BCUT2D eigenvalue weighted by molar-refractivity contribution is 5.78. The fourth-order valence-electron chi connectivity index (χ4n) is 3.73. The van der Waals surface area contributed by atoms with Gasteiger partial charge in [0.15, 0.2) is 0 Å². The average Bonchev–Trinajstić information content (AvgIpc) is 2.54. The van der Waals surface area contributed by atoms with E-state index in [1.807, 2.05) is 13.8 Å². The molecule has 0 spiro atoms. The molecule has 2 aliphatic heterocycles. The number of amides is 1.